The van der Waals surface area contributed by atoms with Crippen LogP contribution >= 0.6 is 0 Å². The first-order valence-corrected chi connectivity index (χ1v) is 12.0. The molecule has 0 fully saturated rings. The third-order valence-corrected chi connectivity index (χ3v) is 6.38. The van der Waals surface area contributed by atoms with Crippen LogP contribution in [0.15, 0.2) is 66.7 Å². The van der Waals surface area contributed by atoms with Crippen molar-refractivity contribution in [3.63, 3.8) is 0 Å². The molecule has 8 heteroatoms. The Morgan fingerprint density at radius 3 is 2.53 bits per heavy atom. The first-order chi connectivity index (χ1) is 18.5. The first-order valence-electron chi connectivity index (χ1n) is 12.0. The molecule has 1 aromatic heterocycles. The molecule has 192 valence electrons. The molecule has 38 heavy (non-hydrogen) atoms. The van der Waals surface area contributed by atoms with Gasteiger partial charge < -0.3 is 19.5 Å². The molecule has 5 rings (SSSR count). The lowest BCUT2D eigenvalue weighted by atomic mass is 10.0. The van der Waals surface area contributed by atoms with Crippen molar-refractivity contribution in [2.24, 2.45) is 0 Å². The monoisotopic (exact) mass is 512 g/mol. The number of carbonyl (C=O) groups is 2. The van der Waals surface area contributed by atoms with Gasteiger partial charge in [0.25, 0.3) is 5.91 Å². The molecule has 1 aliphatic rings. The molecular weight excluding hydrogens is 487 g/mol. The van der Waals surface area contributed by atoms with E-state index in [0.29, 0.717) is 40.8 Å². The summed E-state index contributed by atoms with van der Waals surface area (Å²) in [4.78, 5) is 30.5. The number of nitrogens with one attached hydrogen (secondary N) is 1. The maximum Gasteiger partial charge on any atom is 0.339 e. The second kappa shape index (κ2) is 10.7. The SMILES string of the molecule is COc1ccc(C=C2CCc3c2nc2ccccc2c3C(=O)OCC(=O)Nc2ccccc2F)cc1OC. The summed E-state index contributed by atoms with van der Waals surface area (Å²) in [5.74, 6) is -0.582. The highest BCUT2D eigenvalue weighted by Crippen LogP contribution is 2.38. The molecule has 1 aliphatic carbocycles. The van der Waals surface area contributed by atoms with Crippen LogP contribution in [0.5, 0.6) is 11.5 Å². The summed E-state index contributed by atoms with van der Waals surface area (Å²) < 4.78 is 30.0. The minimum atomic E-state index is -0.632. The Morgan fingerprint density at radius 1 is 0.974 bits per heavy atom. The van der Waals surface area contributed by atoms with Crippen LogP contribution < -0.4 is 14.8 Å². The Morgan fingerprint density at radius 2 is 1.74 bits per heavy atom. The first kappa shape index (κ1) is 25.0. The fourth-order valence-electron chi connectivity index (χ4n) is 4.61. The molecule has 0 aliphatic heterocycles. The molecule has 0 saturated carbocycles. The molecule has 0 radical (unpaired) electrons. The van der Waals surface area contributed by atoms with Crippen molar-refractivity contribution in [3.05, 3.63) is 94.9 Å². The Bertz CT molecular complexity index is 1580. The molecule has 0 spiro atoms. The lowest BCUT2D eigenvalue weighted by molar-refractivity contribution is -0.119. The Balaban J connectivity index is 1.45. The zero-order valence-corrected chi connectivity index (χ0v) is 20.9. The topological polar surface area (TPSA) is 86.8 Å². The Labute approximate surface area is 218 Å². The van der Waals surface area contributed by atoms with Gasteiger partial charge in [-0.2, -0.15) is 0 Å². The van der Waals surface area contributed by atoms with Crippen LogP contribution in [-0.2, 0) is 16.0 Å². The third kappa shape index (κ3) is 4.93. The largest absolute Gasteiger partial charge is 0.493 e. The van der Waals surface area contributed by atoms with Gasteiger partial charge in [0.1, 0.15) is 5.82 Å². The standard InChI is InChI=1S/C30H25FN2O5/c1-36-25-14-11-18(16-26(25)37-2)15-19-12-13-21-28(20-7-3-5-9-23(20)33-29(19)21)30(35)38-17-27(34)32-24-10-6-4-8-22(24)31/h3-11,14-16H,12-13,17H2,1-2H3,(H,32,34). The maximum absolute atomic E-state index is 13.9. The summed E-state index contributed by atoms with van der Waals surface area (Å²) in [7, 11) is 3.17. The van der Waals surface area contributed by atoms with E-state index in [1.807, 2.05) is 48.5 Å². The summed E-state index contributed by atoms with van der Waals surface area (Å²) >= 11 is 0. The number of para-hydroxylation sites is 2. The lowest BCUT2D eigenvalue weighted by Crippen LogP contribution is -2.22. The molecule has 0 atom stereocenters. The number of halogens is 1. The fourth-order valence-corrected chi connectivity index (χ4v) is 4.61. The van der Waals surface area contributed by atoms with Crippen LogP contribution in [0.25, 0.3) is 22.6 Å². The van der Waals surface area contributed by atoms with Gasteiger partial charge in [-0.1, -0.05) is 36.4 Å². The number of amides is 1. The summed E-state index contributed by atoms with van der Waals surface area (Å²) in [5, 5.41) is 3.08. The van der Waals surface area contributed by atoms with Gasteiger partial charge >= 0.3 is 5.97 Å². The molecule has 3 aromatic carbocycles. The molecule has 0 saturated heterocycles. The van der Waals surface area contributed by atoms with Crippen LogP contribution in [0, 0.1) is 5.82 Å². The van der Waals surface area contributed by atoms with E-state index in [1.54, 1.807) is 20.3 Å². The van der Waals surface area contributed by atoms with E-state index >= 15 is 0 Å². The highest BCUT2D eigenvalue weighted by atomic mass is 19.1. The molecule has 0 unspecified atom stereocenters. The van der Waals surface area contributed by atoms with Crippen molar-refractivity contribution >= 4 is 40.1 Å². The summed E-state index contributed by atoms with van der Waals surface area (Å²) in [6, 6.07) is 18.8. The predicted octanol–water partition coefficient (Wildman–Crippen LogP) is 5.67. The quantitative estimate of drug-likeness (QED) is 0.321. The Kier molecular flexibility index (Phi) is 7.04. The average molecular weight is 513 g/mol. The number of methoxy groups -OCH3 is 2. The van der Waals surface area contributed by atoms with Crippen LogP contribution in [0.1, 0.15) is 33.6 Å². The van der Waals surface area contributed by atoms with E-state index in [2.05, 4.69) is 5.32 Å². The van der Waals surface area contributed by atoms with Crippen molar-refractivity contribution in [1.29, 1.82) is 0 Å². The average Bonchev–Trinajstić information content (AvgIpc) is 3.33. The smallest absolute Gasteiger partial charge is 0.339 e. The van der Waals surface area contributed by atoms with Gasteiger partial charge in [0.2, 0.25) is 0 Å². The number of carbonyl (C=O) groups excluding carboxylic acids is 2. The van der Waals surface area contributed by atoms with Crippen molar-refractivity contribution in [1.82, 2.24) is 4.98 Å². The molecular formula is C30H25FN2O5. The number of allylic oxidation sites excluding steroid dienone is 1. The number of hydrogen-bond donors (Lipinski definition) is 1. The van der Waals surface area contributed by atoms with Gasteiger partial charge in [0.05, 0.1) is 36.7 Å². The van der Waals surface area contributed by atoms with Crippen LogP contribution in [0.2, 0.25) is 0 Å². The predicted molar refractivity (Wildman–Crippen MR) is 143 cm³/mol. The van der Waals surface area contributed by atoms with Crippen molar-refractivity contribution in [3.8, 4) is 11.5 Å². The normalized spacial score (nSPS) is 13.3. The zero-order chi connectivity index (χ0) is 26.6. The fraction of sp³-hybridized carbons (Fsp3) is 0.167. The summed E-state index contributed by atoms with van der Waals surface area (Å²) in [6.45, 7) is -0.549. The maximum atomic E-state index is 13.9. The number of fused-ring (bicyclic) bond motifs is 2. The molecule has 0 bridgehead atoms. The molecule has 7 nitrogen and oxygen atoms in total. The van der Waals surface area contributed by atoms with Crippen molar-refractivity contribution in [2.75, 3.05) is 26.1 Å². The number of anilines is 1. The molecule has 1 N–H and O–H groups in total. The summed E-state index contributed by atoms with van der Waals surface area (Å²) in [5.41, 5.74) is 4.44. The minimum Gasteiger partial charge on any atom is -0.493 e. The van der Waals surface area contributed by atoms with E-state index in [4.69, 9.17) is 19.2 Å². The number of nitrogens with zero attached hydrogens (tertiary/aromatic N) is 1. The second-order valence-corrected chi connectivity index (χ2v) is 8.72. The number of benzene rings is 3. The van der Waals surface area contributed by atoms with Crippen molar-refractivity contribution < 1.29 is 28.2 Å². The van der Waals surface area contributed by atoms with Gasteiger partial charge in [-0.25, -0.2) is 14.2 Å². The number of esters is 1. The van der Waals surface area contributed by atoms with E-state index in [-0.39, 0.29) is 5.69 Å². The van der Waals surface area contributed by atoms with E-state index < -0.39 is 24.3 Å². The number of aromatic nitrogens is 1. The molecule has 4 aromatic rings. The Hall–Kier alpha value is -4.72. The number of ether oxygens (including phenoxy) is 3. The summed E-state index contributed by atoms with van der Waals surface area (Å²) in [6.07, 6.45) is 3.30. The number of rotatable bonds is 7. The van der Waals surface area contributed by atoms with Gasteiger partial charge in [-0.05, 0) is 65.9 Å². The van der Waals surface area contributed by atoms with Gasteiger partial charge in [0, 0.05) is 5.39 Å². The minimum absolute atomic E-state index is 0.0220. The molecule has 1 heterocycles. The van der Waals surface area contributed by atoms with Gasteiger partial charge in [-0.15, -0.1) is 0 Å². The van der Waals surface area contributed by atoms with Gasteiger partial charge in [0.15, 0.2) is 18.1 Å². The van der Waals surface area contributed by atoms with Crippen LogP contribution in [0.4, 0.5) is 10.1 Å². The highest BCUT2D eigenvalue weighted by Gasteiger charge is 2.28. The van der Waals surface area contributed by atoms with E-state index in [9.17, 15) is 14.0 Å². The van der Waals surface area contributed by atoms with Crippen molar-refractivity contribution in [2.45, 2.75) is 12.8 Å². The zero-order valence-electron chi connectivity index (χ0n) is 20.9. The lowest BCUT2D eigenvalue weighted by Gasteiger charge is -2.13. The van der Waals surface area contributed by atoms with Crippen LogP contribution in [0.3, 0.4) is 0 Å². The second-order valence-electron chi connectivity index (χ2n) is 8.72. The number of hydrogen-bond acceptors (Lipinski definition) is 6. The number of pyridine rings is 1. The van der Waals surface area contributed by atoms with Crippen LogP contribution in [-0.4, -0.2) is 37.7 Å². The van der Waals surface area contributed by atoms with E-state index in [1.165, 1.54) is 18.2 Å². The molecule has 1 amide bonds. The van der Waals surface area contributed by atoms with Gasteiger partial charge in [-0.3, -0.25) is 4.79 Å². The third-order valence-electron chi connectivity index (χ3n) is 6.38. The van der Waals surface area contributed by atoms with E-state index in [0.717, 1.165) is 22.4 Å². The highest BCUT2D eigenvalue weighted by molar-refractivity contribution is 6.08.